The van der Waals surface area contributed by atoms with Gasteiger partial charge in [0.1, 0.15) is 4.88 Å². The van der Waals surface area contributed by atoms with Crippen LogP contribution in [0.1, 0.15) is 18.4 Å². The molecule has 0 spiro atoms. The Labute approximate surface area is 171 Å². The third-order valence-corrected chi connectivity index (χ3v) is 5.07. The van der Waals surface area contributed by atoms with Crippen LogP contribution in [0.2, 0.25) is 0 Å². The molecular formula is C22H18N4O2S. The molecule has 144 valence electrons. The van der Waals surface area contributed by atoms with Crippen LogP contribution < -0.4 is 5.32 Å². The number of aromatic nitrogens is 3. The maximum atomic E-state index is 12.3. The SMILES string of the molecule is CCc1nc(-c2sc(NC(=O)/C=C/c3ccccc3)nc2-c2ccccc2)no1. The summed E-state index contributed by atoms with van der Waals surface area (Å²) in [4.78, 5) is 22.1. The van der Waals surface area contributed by atoms with Crippen molar-refractivity contribution in [2.24, 2.45) is 0 Å². The first-order valence-electron chi connectivity index (χ1n) is 9.16. The molecular weight excluding hydrogens is 384 g/mol. The largest absolute Gasteiger partial charge is 0.339 e. The second-order valence-electron chi connectivity index (χ2n) is 6.16. The Morgan fingerprint density at radius 3 is 2.48 bits per heavy atom. The quantitative estimate of drug-likeness (QED) is 0.455. The average Bonchev–Trinajstić information content (AvgIpc) is 3.40. The molecule has 0 saturated heterocycles. The maximum Gasteiger partial charge on any atom is 0.250 e. The monoisotopic (exact) mass is 402 g/mol. The lowest BCUT2D eigenvalue weighted by atomic mass is 10.1. The molecule has 0 aliphatic carbocycles. The number of nitrogens with zero attached hydrogens (tertiary/aromatic N) is 3. The number of nitrogens with one attached hydrogen (secondary N) is 1. The van der Waals surface area contributed by atoms with Crippen LogP contribution in [0.5, 0.6) is 0 Å². The van der Waals surface area contributed by atoms with Gasteiger partial charge >= 0.3 is 0 Å². The van der Waals surface area contributed by atoms with Gasteiger partial charge in [-0.05, 0) is 11.6 Å². The van der Waals surface area contributed by atoms with Crippen LogP contribution in [-0.4, -0.2) is 21.0 Å². The minimum atomic E-state index is -0.254. The van der Waals surface area contributed by atoms with Gasteiger partial charge in [0.2, 0.25) is 17.6 Å². The zero-order valence-corrected chi connectivity index (χ0v) is 16.5. The fourth-order valence-corrected chi connectivity index (χ4v) is 3.61. The topological polar surface area (TPSA) is 80.9 Å². The summed E-state index contributed by atoms with van der Waals surface area (Å²) in [5.74, 6) is 0.776. The van der Waals surface area contributed by atoms with E-state index in [1.54, 1.807) is 6.08 Å². The van der Waals surface area contributed by atoms with Crippen molar-refractivity contribution in [1.82, 2.24) is 15.1 Å². The maximum absolute atomic E-state index is 12.3. The lowest BCUT2D eigenvalue weighted by Gasteiger charge is -1.98. The molecule has 1 N–H and O–H groups in total. The van der Waals surface area contributed by atoms with E-state index in [9.17, 15) is 4.79 Å². The number of rotatable bonds is 6. The van der Waals surface area contributed by atoms with E-state index in [1.807, 2.05) is 67.6 Å². The van der Waals surface area contributed by atoms with Crippen molar-refractivity contribution in [1.29, 1.82) is 0 Å². The molecule has 2 heterocycles. The van der Waals surface area contributed by atoms with Crippen LogP contribution in [0.15, 0.2) is 71.3 Å². The Bertz CT molecular complexity index is 1130. The highest BCUT2D eigenvalue weighted by atomic mass is 32.1. The third-order valence-electron chi connectivity index (χ3n) is 4.10. The number of thiazole rings is 1. The van der Waals surface area contributed by atoms with Gasteiger partial charge in [-0.1, -0.05) is 84.1 Å². The highest BCUT2D eigenvalue weighted by Gasteiger charge is 2.20. The Balaban J connectivity index is 1.62. The number of benzene rings is 2. The predicted octanol–water partition coefficient (Wildman–Crippen LogP) is 5.07. The molecule has 0 bridgehead atoms. The number of amides is 1. The molecule has 4 rings (SSSR count). The van der Waals surface area contributed by atoms with Gasteiger partial charge in [0.15, 0.2) is 5.13 Å². The zero-order chi connectivity index (χ0) is 20.1. The molecule has 0 aliphatic heterocycles. The first-order chi connectivity index (χ1) is 14.2. The number of aryl methyl sites for hydroxylation is 1. The van der Waals surface area contributed by atoms with Gasteiger partial charge in [-0.15, -0.1) is 0 Å². The van der Waals surface area contributed by atoms with Crippen molar-refractivity contribution in [3.63, 3.8) is 0 Å². The normalized spacial score (nSPS) is 11.1. The Morgan fingerprint density at radius 1 is 1.07 bits per heavy atom. The fraction of sp³-hybridized carbons (Fsp3) is 0.0909. The summed E-state index contributed by atoms with van der Waals surface area (Å²) in [5, 5.41) is 7.37. The van der Waals surface area contributed by atoms with Crippen LogP contribution in [0.4, 0.5) is 5.13 Å². The summed E-state index contributed by atoms with van der Waals surface area (Å²) in [5.41, 5.74) is 2.58. The van der Waals surface area contributed by atoms with Crippen molar-refractivity contribution in [2.75, 3.05) is 5.32 Å². The number of carbonyl (C=O) groups is 1. The van der Waals surface area contributed by atoms with Crippen LogP contribution >= 0.6 is 11.3 Å². The minimum absolute atomic E-state index is 0.254. The van der Waals surface area contributed by atoms with Crippen LogP contribution in [0.3, 0.4) is 0 Å². The molecule has 0 saturated carbocycles. The van der Waals surface area contributed by atoms with E-state index in [0.717, 1.165) is 16.0 Å². The smallest absolute Gasteiger partial charge is 0.250 e. The number of hydrogen-bond donors (Lipinski definition) is 1. The molecule has 29 heavy (non-hydrogen) atoms. The summed E-state index contributed by atoms with van der Waals surface area (Å²) in [7, 11) is 0. The molecule has 7 heteroatoms. The van der Waals surface area contributed by atoms with Gasteiger partial charge in [0, 0.05) is 18.1 Å². The van der Waals surface area contributed by atoms with E-state index in [0.29, 0.717) is 29.0 Å². The first-order valence-corrected chi connectivity index (χ1v) is 9.98. The molecule has 2 aromatic heterocycles. The van der Waals surface area contributed by atoms with Gasteiger partial charge in [0.25, 0.3) is 0 Å². The van der Waals surface area contributed by atoms with Crippen molar-refractivity contribution < 1.29 is 9.32 Å². The summed E-state index contributed by atoms with van der Waals surface area (Å²) < 4.78 is 5.26. The number of anilines is 1. The lowest BCUT2D eigenvalue weighted by Crippen LogP contribution is -2.07. The molecule has 4 aromatic rings. The summed E-state index contributed by atoms with van der Waals surface area (Å²) in [6.45, 7) is 1.95. The van der Waals surface area contributed by atoms with Crippen LogP contribution in [0.25, 0.3) is 28.0 Å². The van der Waals surface area contributed by atoms with Crippen molar-refractivity contribution >= 4 is 28.5 Å². The van der Waals surface area contributed by atoms with Crippen molar-refractivity contribution in [2.45, 2.75) is 13.3 Å². The van der Waals surface area contributed by atoms with E-state index in [4.69, 9.17) is 4.52 Å². The first kappa shape index (κ1) is 18.8. The Kier molecular flexibility index (Phi) is 5.58. The van der Waals surface area contributed by atoms with E-state index in [-0.39, 0.29) is 5.91 Å². The van der Waals surface area contributed by atoms with Gasteiger partial charge < -0.3 is 4.52 Å². The van der Waals surface area contributed by atoms with Crippen LogP contribution in [-0.2, 0) is 11.2 Å². The molecule has 0 unspecified atom stereocenters. The van der Waals surface area contributed by atoms with Gasteiger partial charge in [-0.3, -0.25) is 10.1 Å². The summed E-state index contributed by atoms with van der Waals surface area (Å²) in [6.07, 6.45) is 3.90. The Morgan fingerprint density at radius 2 is 1.79 bits per heavy atom. The second kappa shape index (κ2) is 8.62. The van der Waals surface area contributed by atoms with Crippen LogP contribution in [0, 0.1) is 0 Å². The van der Waals surface area contributed by atoms with Gasteiger partial charge in [-0.2, -0.15) is 4.98 Å². The molecule has 1 amide bonds. The predicted molar refractivity (Wildman–Crippen MR) is 114 cm³/mol. The Hall–Kier alpha value is -3.58. The lowest BCUT2D eigenvalue weighted by molar-refractivity contribution is -0.111. The molecule has 6 nitrogen and oxygen atoms in total. The van der Waals surface area contributed by atoms with E-state index >= 15 is 0 Å². The molecule has 0 aliphatic rings. The van der Waals surface area contributed by atoms with Gasteiger partial charge in [-0.25, -0.2) is 4.98 Å². The van der Waals surface area contributed by atoms with E-state index in [1.165, 1.54) is 17.4 Å². The van der Waals surface area contributed by atoms with E-state index in [2.05, 4.69) is 20.4 Å². The second-order valence-corrected chi connectivity index (χ2v) is 7.16. The average molecular weight is 402 g/mol. The fourth-order valence-electron chi connectivity index (χ4n) is 2.69. The third kappa shape index (κ3) is 4.47. The van der Waals surface area contributed by atoms with E-state index < -0.39 is 0 Å². The summed E-state index contributed by atoms with van der Waals surface area (Å²) >= 11 is 1.32. The highest BCUT2D eigenvalue weighted by Crippen LogP contribution is 2.37. The zero-order valence-electron chi connectivity index (χ0n) is 15.7. The summed E-state index contributed by atoms with van der Waals surface area (Å²) in [6, 6.07) is 19.4. The minimum Gasteiger partial charge on any atom is -0.339 e. The van der Waals surface area contributed by atoms with Crippen molar-refractivity contribution in [3.05, 3.63) is 78.2 Å². The number of hydrogen-bond acceptors (Lipinski definition) is 6. The van der Waals surface area contributed by atoms with Gasteiger partial charge in [0.05, 0.1) is 5.69 Å². The number of carbonyl (C=O) groups excluding carboxylic acids is 1. The standard InChI is InChI=1S/C22H18N4O2S/c1-2-18-24-21(26-28-18)20-19(16-11-7-4-8-12-16)25-22(29-20)23-17(27)14-13-15-9-5-3-6-10-15/h3-14H,2H2,1H3,(H,23,25,27)/b14-13+. The molecule has 0 radical (unpaired) electrons. The molecule has 0 atom stereocenters. The molecule has 0 fully saturated rings. The van der Waals surface area contributed by atoms with Crippen molar-refractivity contribution in [3.8, 4) is 22.0 Å². The molecule has 2 aromatic carbocycles. The highest BCUT2D eigenvalue weighted by molar-refractivity contribution is 7.19.